The number of benzene rings is 9. The molecule has 12 aromatic rings. The highest BCUT2D eigenvalue weighted by atomic mass is 32.1. The Hall–Kier alpha value is -7.14. The van der Waals surface area contributed by atoms with Crippen LogP contribution in [0.2, 0.25) is 0 Å². The summed E-state index contributed by atoms with van der Waals surface area (Å²) in [5.41, 5.74) is 11.1. The first-order valence-corrected chi connectivity index (χ1v) is 19.8. The molecule has 262 valence electrons. The zero-order valence-corrected chi connectivity index (χ0v) is 31.0. The first-order chi connectivity index (χ1) is 27.7. The molecule has 3 nitrogen and oxygen atoms in total. The molecule has 0 N–H and O–H groups in total. The Bertz CT molecular complexity index is 3470. The number of hydrogen-bond acceptors (Lipinski definition) is 3. The van der Waals surface area contributed by atoms with Gasteiger partial charge in [-0.25, -0.2) is 0 Å². The van der Waals surface area contributed by atoms with E-state index < -0.39 is 0 Å². The van der Waals surface area contributed by atoms with E-state index in [4.69, 9.17) is 4.42 Å². The van der Waals surface area contributed by atoms with Crippen molar-refractivity contribution in [2.24, 2.45) is 0 Å². The summed E-state index contributed by atoms with van der Waals surface area (Å²) in [6, 6.07) is 70.2. The lowest BCUT2D eigenvalue weighted by Crippen LogP contribution is -2.09. The number of furan rings is 1. The topological polar surface area (TPSA) is 21.3 Å². The van der Waals surface area contributed by atoms with E-state index in [1.807, 2.05) is 17.4 Å². The second-order valence-electron chi connectivity index (χ2n) is 14.5. The minimum atomic E-state index is 0.916. The van der Waals surface area contributed by atoms with Crippen molar-refractivity contribution < 1.29 is 4.42 Å². The Morgan fingerprint density at radius 2 is 1.05 bits per heavy atom. The van der Waals surface area contributed by atoms with Crippen molar-refractivity contribution in [3.05, 3.63) is 194 Å². The fourth-order valence-electron chi connectivity index (χ4n) is 8.74. The minimum Gasteiger partial charge on any atom is -0.455 e. The minimum absolute atomic E-state index is 0.916. The van der Waals surface area contributed by atoms with Crippen LogP contribution in [0.1, 0.15) is 0 Å². The van der Waals surface area contributed by atoms with Gasteiger partial charge in [-0.2, -0.15) is 0 Å². The maximum atomic E-state index is 6.53. The van der Waals surface area contributed by atoms with Crippen LogP contribution < -0.4 is 4.90 Å². The lowest BCUT2D eigenvalue weighted by molar-refractivity contribution is 0.672. The average Bonchev–Trinajstić information content (AvgIpc) is 3.93. The third-order valence-electron chi connectivity index (χ3n) is 11.4. The summed E-state index contributed by atoms with van der Waals surface area (Å²) in [5, 5.41) is 9.61. The predicted octanol–water partition coefficient (Wildman–Crippen LogP) is 15.3. The van der Waals surface area contributed by atoms with Gasteiger partial charge in [-0.1, -0.05) is 103 Å². The molecule has 0 unspecified atom stereocenters. The van der Waals surface area contributed by atoms with Gasteiger partial charge >= 0.3 is 0 Å². The highest BCUT2D eigenvalue weighted by Crippen LogP contribution is 2.43. The number of thiophene rings is 1. The van der Waals surface area contributed by atoms with Crippen molar-refractivity contribution in [2.45, 2.75) is 0 Å². The number of hydrogen-bond donors (Lipinski definition) is 0. The Kier molecular flexibility index (Phi) is 6.80. The molecule has 0 aliphatic rings. The summed E-state index contributed by atoms with van der Waals surface area (Å²) in [6.45, 7) is 0. The molecule has 0 amide bonds. The van der Waals surface area contributed by atoms with E-state index in [0.29, 0.717) is 0 Å². The summed E-state index contributed by atoms with van der Waals surface area (Å²) in [7, 11) is 0. The number of anilines is 3. The van der Waals surface area contributed by atoms with Crippen molar-refractivity contribution in [3.8, 4) is 16.8 Å². The second kappa shape index (κ2) is 12.2. The van der Waals surface area contributed by atoms with Gasteiger partial charge < -0.3 is 13.9 Å². The van der Waals surface area contributed by atoms with Crippen LogP contribution in [0.4, 0.5) is 17.1 Å². The molecule has 0 atom stereocenters. The van der Waals surface area contributed by atoms with Crippen LogP contribution in [-0.2, 0) is 0 Å². The van der Waals surface area contributed by atoms with E-state index >= 15 is 0 Å². The molecule has 0 saturated heterocycles. The van der Waals surface area contributed by atoms with Crippen molar-refractivity contribution in [1.82, 2.24) is 4.57 Å². The molecule has 0 radical (unpaired) electrons. The van der Waals surface area contributed by atoms with Crippen LogP contribution in [0, 0.1) is 0 Å². The number of aromatic nitrogens is 1. The van der Waals surface area contributed by atoms with Gasteiger partial charge in [0, 0.05) is 69.9 Å². The van der Waals surface area contributed by atoms with Gasteiger partial charge in [0.15, 0.2) is 0 Å². The molecule has 4 heteroatoms. The highest BCUT2D eigenvalue weighted by molar-refractivity contribution is 7.25. The Morgan fingerprint density at radius 1 is 0.393 bits per heavy atom. The van der Waals surface area contributed by atoms with Gasteiger partial charge in [-0.05, 0) is 108 Å². The molecule has 3 aromatic heterocycles. The lowest BCUT2D eigenvalue weighted by Gasteiger charge is -2.25. The molecule has 0 fully saturated rings. The average molecular weight is 733 g/mol. The van der Waals surface area contributed by atoms with Crippen LogP contribution >= 0.6 is 11.3 Å². The predicted molar refractivity (Wildman–Crippen MR) is 239 cm³/mol. The van der Waals surface area contributed by atoms with Crippen molar-refractivity contribution in [2.75, 3.05) is 4.90 Å². The van der Waals surface area contributed by atoms with E-state index in [-0.39, 0.29) is 0 Å². The van der Waals surface area contributed by atoms with Crippen molar-refractivity contribution >= 4 is 103 Å². The summed E-state index contributed by atoms with van der Waals surface area (Å²) in [6.07, 6.45) is 0. The van der Waals surface area contributed by atoms with Crippen LogP contribution in [0.25, 0.3) is 91.5 Å². The third kappa shape index (κ3) is 4.76. The maximum Gasteiger partial charge on any atom is 0.143 e. The molecule has 12 rings (SSSR count). The smallest absolute Gasteiger partial charge is 0.143 e. The molecular formula is C52H32N2OS. The monoisotopic (exact) mass is 732 g/mol. The number of para-hydroxylation sites is 3. The number of nitrogens with zero attached hydrogens (tertiary/aromatic N) is 2. The SMILES string of the molecule is c1ccc(N(c2ccc(-c3ccc4c(c3)c3cc5c(ccc6c7ccccc7oc56)cc3n4-c3ccccc3)cc2)c2ccc3c(c2)sc2ccccc23)cc1. The zero-order valence-electron chi connectivity index (χ0n) is 30.2. The van der Waals surface area contributed by atoms with Gasteiger partial charge in [0.1, 0.15) is 11.2 Å². The van der Waals surface area contributed by atoms with Gasteiger partial charge in [-0.15, -0.1) is 11.3 Å². The Labute approximate surface area is 326 Å². The van der Waals surface area contributed by atoms with Crippen LogP contribution in [0.5, 0.6) is 0 Å². The summed E-state index contributed by atoms with van der Waals surface area (Å²) in [5.74, 6) is 0. The van der Waals surface area contributed by atoms with Crippen LogP contribution in [0.3, 0.4) is 0 Å². The molecule has 9 aromatic carbocycles. The molecule has 0 saturated carbocycles. The highest BCUT2D eigenvalue weighted by Gasteiger charge is 2.19. The molecule has 0 aliphatic carbocycles. The zero-order chi connectivity index (χ0) is 36.7. The van der Waals surface area contributed by atoms with E-state index in [1.165, 1.54) is 53.1 Å². The van der Waals surface area contributed by atoms with Gasteiger partial charge in [0.2, 0.25) is 0 Å². The molecule has 0 aliphatic heterocycles. The van der Waals surface area contributed by atoms with Gasteiger partial charge in [-0.3, -0.25) is 0 Å². The largest absolute Gasteiger partial charge is 0.455 e. The quantitative estimate of drug-likeness (QED) is 0.176. The first kappa shape index (κ1) is 31.2. The first-order valence-electron chi connectivity index (χ1n) is 19.0. The second-order valence-corrected chi connectivity index (χ2v) is 15.6. The molecule has 56 heavy (non-hydrogen) atoms. The fourth-order valence-corrected chi connectivity index (χ4v) is 9.88. The lowest BCUT2D eigenvalue weighted by atomic mass is 10.00. The van der Waals surface area contributed by atoms with E-state index in [1.54, 1.807) is 0 Å². The fraction of sp³-hybridized carbons (Fsp3) is 0. The number of fused-ring (bicyclic) bond motifs is 11. The maximum absolute atomic E-state index is 6.53. The summed E-state index contributed by atoms with van der Waals surface area (Å²) < 4.78 is 11.5. The Morgan fingerprint density at radius 3 is 1.91 bits per heavy atom. The van der Waals surface area contributed by atoms with Crippen molar-refractivity contribution in [3.63, 3.8) is 0 Å². The molecule has 3 heterocycles. The summed E-state index contributed by atoms with van der Waals surface area (Å²) in [4.78, 5) is 2.36. The van der Waals surface area contributed by atoms with Crippen LogP contribution in [-0.4, -0.2) is 4.57 Å². The van der Waals surface area contributed by atoms with Gasteiger partial charge in [0.05, 0.1) is 11.0 Å². The van der Waals surface area contributed by atoms with Crippen molar-refractivity contribution in [1.29, 1.82) is 0 Å². The third-order valence-corrected chi connectivity index (χ3v) is 12.5. The normalized spacial score (nSPS) is 11.9. The van der Waals surface area contributed by atoms with Gasteiger partial charge in [0.25, 0.3) is 0 Å². The standard InChI is InChI=1S/C52H32N2OS/c1-3-11-36(12-4-1)53(39-25-27-42-41-16-8-10-18-50(41)56-51(42)31-39)38-23-19-33(20-24-38)34-22-28-47-45(29-34)46-32-44-35(30-48(46)54(47)37-13-5-2-6-14-37)21-26-43-40-15-7-9-17-49(40)55-52(43)44/h1-32H. The molecular weight excluding hydrogens is 701 g/mol. The van der Waals surface area contributed by atoms with E-state index in [9.17, 15) is 0 Å². The Balaban J connectivity index is 1.01. The summed E-state index contributed by atoms with van der Waals surface area (Å²) >= 11 is 1.85. The van der Waals surface area contributed by atoms with Crippen LogP contribution in [0.15, 0.2) is 199 Å². The molecule has 0 bridgehead atoms. The number of rotatable bonds is 5. The van der Waals surface area contributed by atoms with E-state index in [0.717, 1.165) is 55.5 Å². The van der Waals surface area contributed by atoms with E-state index in [2.05, 4.69) is 198 Å². The molecule has 0 spiro atoms.